The van der Waals surface area contributed by atoms with Gasteiger partial charge in [-0.05, 0) is 26.7 Å². The summed E-state index contributed by atoms with van der Waals surface area (Å²) in [6.07, 6.45) is 2.12. The van der Waals surface area contributed by atoms with Gasteiger partial charge in [-0.1, -0.05) is 13.8 Å². The topological polar surface area (TPSA) is 35.5 Å². The number of hydrogen-bond acceptors (Lipinski definition) is 3. The predicted molar refractivity (Wildman–Crippen MR) is 60.7 cm³/mol. The molecule has 0 aliphatic heterocycles. The predicted octanol–water partition coefficient (Wildman–Crippen LogP) is 2.78. The van der Waals surface area contributed by atoms with Gasteiger partial charge in [-0.15, -0.1) is 0 Å². The van der Waals surface area contributed by atoms with Crippen LogP contribution in [0.4, 0.5) is 0 Å². The number of carbonyl (C=O) groups excluding carboxylic acids is 1. The summed E-state index contributed by atoms with van der Waals surface area (Å²) in [5, 5.41) is 0. The number of Topliss-reactive ketones (excluding diaryl/α,β-unsaturated/α-hetero) is 1. The van der Waals surface area contributed by atoms with Crippen molar-refractivity contribution >= 4 is 5.78 Å². The lowest BCUT2D eigenvalue weighted by Gasteiger charge is -2.18. The van der Waals surface area contributed by atoms with E-state index in [0.29, 0.717) is 25.4 Å². The maximum absolute atomic E-state index is 11.4. The highest BCUT2D eigenvalue weighted by molar-refractivity contribution is 5.80. The van der Waals surface area contributed by atoms with E-state index in [-0.39, 0.29) is 12.2 Å². The third-order valence-corrected chi connectivity index (χ3v) is 2.44. The molecule has 0 bridgehead atoms. The van der Waals surface area contributed by atoms with Crippen LogP contribution in [0.2, 0.25) is 0 Å². The third-order valence-electron chi connectivity index (χ3n) is 2.44. The number of hydrogen-bond donors (Lipinski definition) is 0. The van der Waals surface area contributed by atoms with Crippen molar-refractivity contribution in [2.75, 3.05) is 13.2 Å². The molecular formula is C12H24O3. The highest BCUT2D eigenvalue weighted by Gasteiger charge is 2.14. The first kappa shape index (κ1) is 14.6. The Balaban J connectivity index is 3.81. The van der Waals surface area contributed by atoms with Crippen LogP contribution in [0.15, 0.2) is 0 Å². The molecule has 0 spiro atoms. The van der Waals surface area contributed by atoms with E-state index in [9.17, 15) is 4.79 Å². The second kappa shape index (κ2) is 8.86. The standard InChI is InChI=1S/C12H24O3/c1-5-11(13)10(4)8-9-12(14-6-2)15-7-3/h10,12H,5-9H2,1-4H3. The Morgan fingerprint density at radius 1 is 1.07 bits per heavy atom. The van der Waals surface area contributed by atoms with E-state index >= 15 is 0 Å². The Kier molecular flexibility index (Phi) is 8.62. The molecule has 0 saturated heterocycles. The minimum atomic E-state index is -0.146. The van der Waals surface area contributed by atoms with Crippen molar-refractivity contribution in [2.24, 2.45) is 5.92 Å². The van der Waals surface area contributed by atoms with E-state index < -0.39 is 0 Å². The number of carbonyl (C=O) groups is 1. The van der Waals surface area contributed by atoms with E-state index in [2.05, 4.69) is 0 Å². The van der Waals surface area contributed by atoms with Gasteiger partial charge in [0.2, 0.25) is 0 Å². The fourth-order valence-corrected chi connectivity index (χ4v) is 1.48. The molecule has 0 aromatic heterocycles. The molecule has 0 rings (SSSR count). The molecule has 0 radical (unpaired) electrons. The molecule has 0 fully saturated rings. The van der Waals surface area contributed by atoms with Crippen LogP contribution in [0, 0.1) is 5.92 Å². The number of ether oxygens (including phenoxy) is 2. The minimum absolute atomic E-state index is 0.124. The molecule has 0 aromatic carbocycles. The average molecular weight is 216 g/mol. The SMILES string of the molecule is CCOC(CCC(C)C(=O)CC)OCC. The van der Waals surface area contributed by atoms with Gasteiger partial charge in [-0.3, -0.25) is 4.79 Å². The van der Waals surface area contributed by atoms with Crippen LogP contribution >= 0.6 is 0 Å². The second-order valence-corrected chi connectivity index (χ2v) is 3.64. The van der Waals surface area contributed by atoms with Gasteiger partial charge >= 0.3 is 0 Å². The molecule has 0 aliphatic carbocycles. The van der Waals surface area contributed by atoms with E-state index in [4.69, 9.17) is 9.47 Å². The molecule has 0 saturated carbocycles. The van der Waals surface area contributed by atoms with Crippen molar-refractivity contribution in [3.63, 3.8) is 0 Å². The lowest BCUT2D eigenvalue weighted by molar-refractivity contribution is -0.142. The van der Waals surface area contributed by atoms with Gasteiger partial charge in [0.05, 0.1) is 0 Å². The van der Waals surface area contributed by atoms with Gasteiger partial charge in [-0.25, -0.2) is 0 Å². The van der Waals surface area contributed by atoms with Gasteiger partial charge in [-0.2, -0.15) is 0 Å². The maximum Gasteiger partial charge on any atom is 0.157 e. The Labute approximate surface area is 93.1 Å². The van der Waals surface area contributed by atoms with Crippen LogP contribution in [-0.2, 0) is 14.3 Å². The van der Waals surface area contributed by atoms with E-state index in [0.717, 1.165) is 12.8 Å². The maximum atomic E-state index is 11.4. The molecule has 0 N–H and O–H groups in total. The van der Waals surface area contributed by atoms with E-state index in [1.807, 2.05) is 27.7 Å². The first-order valence-electron chi connectivity index (χ1n) is 5.91. The summed E-state index contributed by atoms with van der Waals surface area (Å²) in [4.78, 5) is 11.4. The Hall–Kier alpha value is -0.410. The summed E-state index contributed by atoms with van der Waals surface area (Å²) in [5.74, 6) is 0.445. The van der Waals surface area contributed by atoms with Gasteiger partial charge < -0.3 is 9.47 Å². The Morgan fingerprint density at radius 2 is 1.60 bits per heavy atom. The lowest BCUT2D eigenvalue weighted by atomic mass is 9.99. The number of ketones is 1. The zero-order chi connectivity index (χ0) is 11.7. The molecule has 1 atom stereocenters. The zero-order valence-electron chi connectivity index (χ0n) is 10.4. The first-order valence-corrected chi connectivity index (χ1v) is 5.91. The Bertz CT molecular complexity index is 162. The van der Waals surface area contributed by atoms with Crippen LogP contribution in [0.5, 0.6) is 0 Å². The van der Waals surface area contributed by atoms with Crippen molar-refractivity contribution in [3.05, 3.63) is 0 Å². The summed E-state index contributed by atoms with van der Waals surface area (Å²) >= 11 is 0. The molecule has 3 heteroatoms. The molecule has 0 aromatic rings. The van der Waals surface area contributed by atoms with Crippen molar-refractivity contribution in [1.82, 2.24) is 0 Å². The summed E-state index contributed by atoms with van der Waals surface area (Å²) in [7, 11) is 0. The molecule has 3 nitrogen and oxygen atoms in total. The molecule has 0 heterocycles. The van der Waals surface area contributed by atoms with Gasteiger partial charge in [0, 0.05) is 25.6 Å². The molecule has 90 valence electrons. The highest BCUT2D eigenvalue weighted by atomic mass is 16.7. The molecular weight excluding hydrogens is 192 g/mol. The highest BCUT2D eigenvalue weighted by Crippen LogP contribution is 2.13. The van der Waals surface area contributed by atoms with Crippen molar-refractivity contribution in [2.45, 2.75) is 53.2 Å². The lowest BCUT2D eigenvalue weighted by Crippen LogP contribution is -2.20. The van der Waals surface area contributed by atoms with Gasteiger partial charge in [0.25, 0.3) is 0 Å². The first-order chi connectivity index (χ1) is 7.15. The van der Waals surface area contributed by atoms with Gasteiger partial charge in [0.1, 0.15) is 5.78 Å². The van der Waals surface area contributed by atoms with E-state index in [1.54, 1.807) is 0 Å². The van der Waals surface area contributed by atoms with Crippen molar-refractivity contribution in [1.29, 1.82) is 0 Å². The smallest absolute Gasteiger partial charge is 0.157 e. The molecule has 0 amide bonds. The fraction of sp³-hybridized carbons (Fsp3) is 0.917. The normalized spacial score (nSPS) is 13.1. The summed E-state index contributed by atoms with van der Waals surface area (Å²) in [6.45, 7) is 9.09. The average Bonchev–Trinajstić information content (AvgIpc) is 2.25. The van der Waals surface area contributed by atoms with E-state index in [1.165, 1.54) is 0 Å². The molecule has 1 unspecified atom stereocenters. The summed E-state index contributed by atoms with van der Waals surface area (Å²) < 4.78 is 10.8. The van der Waals surface area contributed by atoms with Crippen LogP contribution in [0.1, 0.15) is 47.0 Å². The van der Waals surface area contributed by atoms with Crippen molar-refractivity contribution < 1.29 is 14.3 Å². The quantitative estimate of drug-likeness (QED) is 0.556. The number of rotatable bonds is 9. The summed E-state index contributed by atoms with van der Waals surface area (Å²) in [5.41, 5.74) is 0. The molecule has 0 aliphatic rings. The second-order valence-electron chi connectivity index (χ2n) is 3.64. The fourth-order valence-electron chi connectivity index (χ4n) is 1.48. The minimum Gasteiger partial charge on any atom is -0.353 e. The summed E-state index contributed by atoms with van der Waals surface area (Å²) in [6, 6.07) is 0. The van der Waals surface area contributed by atoms with Crippen molar-refractivity contribution in [3.8, 4) is 0 Å². The van der Waals surface area contributed by atoms with Crippen LogP contribution < -0.4 is 0 Å². The molecule has 15 heavy (non-hydrogen) atoms. The third kappa shape index (κ3) is 6.63. The van der Waals surface area contributed by atoms with Gasteiger partial charge in [0.15, 0.2) is 6.29 Å². The van der Waals surface area contributed by atoms with Crippen LogP contribution in [0.25, 0.3) is 0 Å². The largest absolute Gasteiger partial charge is 0.353 e. The monoisotopic (exact) mass is 216 g/mol. The zero-order valence-corrected chi connectivity index (χ0v) is 10.4. The van der Waals surface area contributed by atoms with Crippen LogP contribution in [0.3, 0.4) is 0 Å². The van der Waals surface area contributed by atoms with Crippen LogP contribution in [-0.4, -0.2) is 25.3 Å². The Morgan fingerprint density at radius 3 is 2.00 bits per heavy atom.